The van der Waals surface area contributed by atoms with E-state index in [-0.39, 0.29) is 17.6 Å². The van der Waals surface area contributed by atoms with E-state index in [1.807, 2.05) is 24.4 Å². The second-order valence-electron chi connectivity index (χ2n) is 8.32. The highest BCUT2D eigenvalue weighted by atomic mass is 16.5. The van der Waals surface area contributed by atoms with Crippen LogP contribution in [0.5, 0.6) is 11.6 Å². The summed E-state index contributed by atoms with van der Waals surface area (Å²) < 4.78 is 7.71. The van der Waals surface area contributed by atoms with E-state index in [0.717, 1.165) is 16.8 Å². The van der Waals surface area contributed by atoms with E-state index in [0.29, 0.717) is 34.8 Å². The normalized spacial score (nSPS) is 11.1. The van der Waals surface area contributed by atoms with Gasteiger partial charge in [0.15, 0.2) is 11.4 Å². The monoisotopic (exact) mass is 505 g/mol. The number of carbonyl (C=O) groups is 2. The van der Waals surface area contributed by atoms with Gasteiger partial charge in [-0.15, -0.1) is 0 Å². The first-order chi connectivity index (χ1) is 18.5. The SMILES string of the molecule is C=CC(=O)Nc1cccc(Oc2cnc3[nH]cc(-c4cn(Cc5ccccn5)nc4/C=C/C(C)=O)c3n2)c1. The Bertz CT molecular complexity index is 1670. The van der Waals surface area contributed by atoms with Gasteiger partial charge in [0, 0.05) is 41.5 Å². The van der Waals surface area contributed by atoms with Gasteiger partial charge < -0.3 is 15.0 Å². The second-order valence-corrected chi connectivity index (χ2v) is 8.32. The van der Waals surface area contributed by atoms with E-state index in [4.69, 9.17) is 4.74 Å². The number of hydrogen-bond donors (Lipinski definition) is 2. The van der Waals surface area contributed by atoms with Crippen molar-refractivity contribution >= 4 is 34.6 Å². The van der Waals surface area contributed by atoms with Crippen molar-refractivity contribution in [3.8, 4) is 22.8 Å². The number of nitrogens with one attached hydrogen (secondary N) is 2. The number of fused-ring (bicyclic) bond motifs is 1. The number of carbonyl (C=O) groups excluding carboxylic acids is 2. The predicted molar refractivity (Wildman–Crippen MR) is 144 cm³/mol. The van der Waals surface area contributed by atoms with Crippen LogP contribution >= 0.6 is 0 Å². The smallest absolute Gasteiger partial charge is 0.247 e. The highest BCUT2D eigenvalue weighted by molar-refractivity contribution is 5.99. The molecule has 0 bridgehead atoms. The van der Waals surface area contributed by atoms with Crippen LogP contribution in [0, 0.1) is 0 Å². The van der Waals surface area contributed by atoms with Crippen LogP contribution in [0.3, 0.4) is 0 Å². The molecule has 5 rings (SSSR count). The molecule has 0 spiro atoms. The molecule has 0 saturated carbocycles. The van der Waals surface area contributed by atoms with Gasteiger partial charge in [0.25, 0.3) is 0 Å². The minimum Gasteiger partial charge on any atom is -0.437 e. The Hall–Kier alpha value is -5.38. The lowest BCUT2D eigenvalue weighted by atomic mass is 10.1. The topological polar surface area (TPSA) is 128 Å². The summed E-state index contributed by atoms with van der Waals surface area (Å²) in [7, 11) is 0. The van der Waals surface area contributed by atoms with Crippen LogP contribution in [0.4, 0.5) is 5.69 Å². The Morgan fingerprint density at radius 2 is 2.05 bits per heavy atom. The molecule has 10 heteroatoms. The summed E-state index contributed by atoms with van der Waals surface area (Å²) in [4.78, 5) is 39.9. The number of ketones is 1. The molecular weight excluding hydrogens is 482 g/mol. The molecule has 0 atom stereocenters. The van der Waals surface area contributed by atoms with Crippen LogP contribution in [0.2, 0.25) is 0 Å². The minimum absolute atomic E-state index is 0.0869. The third kappa shape index (κ3) is 5.54. The van der Waals surface area contributed by atoms with E-state index >= 15 is 0 Å². The maximum Gasteiger partial charge on any atom is 0.247 e. The molecule has 188 valence electrons. The minimum atomic E-state index is -0.321. The molecule has 38 heavy (non-hydrogen) atoms. The number of allylic oxidation sites excluding steroid dienone is 1. The number of aromatic amines is 1. The van der Waals surface area contributed by atoms with Crippen molar-refractivity contribution in [1.29, 1.82) is 0 Å². The van der Waals surface area contributed by atoms with E-state index in [1.165, 1.54) is 25.3 Å². The molecule has 0 aliphatic heterocycles. The van der Waals surface area contributed by atoms with E-state index in [9.17, 15) is 9.59 Å². The predicted octanol–water partition coefficient (Wildman–Crippen LogP) is 4.78. The molecule has 0 aliphatic rings. The van der Waals surface area contributed by atoms with E-state index in [1.54, 1.807) is 47.4 Å². The van der Waals surface area contributed by atoms with Gasteiger partial charge in [-0.3, -0.25) is 19.3 Å². The summed E-state index contributed by atoms with van der Waals surface area (Å²) in [5, 5.41) is 7.37. The number of rotatable bonds is 9. The summed E-state index contributed by atoms with van der Waals surface area (Å²) in [5.41, 5.74) is 4.68. The number of amides is 1. The average Bonchev–Trinajstić information content (AvgIpc) is 3.51. The van der Waals surface area contributed by atoms with Crippen molar-refractivity contribution in [2.75, 3.05) is 5.32 Å². The molecule has 10 nitrogen and oxygen atoms in total. The molecule has 1 aromatic carbocycles. The fourth-order valence-corrected chi connectivity index (χ4v) is 3.78. The van der Waals surface area contributed by atoms with Gasteiger partial charge in [0.2, 0.25) is 11.8 Å². The number of ether oxygens (including phenoxy) is 1. The standard InChI is InChI=1S/C28H23N7O3/c1-3-25(37)32-19-8-6-9-21(13-19)38-26-15-31-28-27(33-26)22(14-30-28)23-17-35(16-20-7-4-5-12-29-20)34-24(23)11-10-18(2)36/h3-15,17H,1,16H2,2H3,(H,30,31)(H,32,37)/b11-10+. The van der Waals surface area contributed by atoms with Gasteiger partial charge in [0.1, 0.15) is 11.3 Å². The van der Waals surface area contributed by atoms with Crippen LogP contribution < -0.4 is 10.1 Å². The van der Waals surface area contributed by atoms with Crippen molar-refractivity contribution in [2.24, 2.45) is 0 Å². The van der Waals surface area contributed by atoms with Crippen molar-refractivity contribution in [1.82, 2.24) is 29.7 Å². The Labute approximate surface area is 217 Å². The molecule has 0 aliphatic carbocycles. The Morgan fingerprint density at radius 1 is 1.16 bits per heavy atom. The van der Waals surface area contributed by atoms with Crippen molar-refractivity contribution in [2.45, 2.75) is 13.5 Å². The molecule has 0 unspecified atom stereocenters. The van der Waals surface area contributed by atoms with Gasteiger partial charge in [-0.2, -0.15) is 5.10 Å². The molecule has 4 aromatic heterocycles. The molecule has 0 saturated heterocycles. The lowest BCUT2D eigenvalue weighted by Gasteiger charge is -2.07. The highest BCUT2D eigenvalue weighted by Gasteiger charge is 2.17. The van der Waals surface area contributed by atoms with Crippen molar-refractivity contribution < 1.29 is 14.3 Å². The van der Waals surface area contributed by atoms with Crippen LogP contribution in [0.1, 0.15) is 18.3 Å². The maximum atomic E-state index is 11.6. The Kier molecular flexibility index (Phi) is 6.85. The first-order valence-electron chi connectivity index (χ1n) is 11.7. The van der Waals surface area contributed by atoms with Gasteiger partial charge in [-0.05, 0) is 49.4 Å². The maximum absolute atomic E-state index is 11.6. The lowest BCUT2D eigenvalue weighted by Crippen LogP contribution is -2.07. The molecule has 2 N–H and O–H groups in total. The first-order valence-corrected chi connectivity index (χ1v) is 11.7. The number of pyridine rings is 1. The van der Waals surface area contributed by atoms with Gasteiger partial charge in [-0.25, -0.2) is 9.97 Å². The van der Waals surface area contributed by atoms with Gasteiger partial charge in [-0.1, -0.05) is 18.7 Å². The zero-order valence-electron chi connectivity index (χ0n) is 20.5. The zero-order valence-corrected chi connectivity index (χ0v) is 20.5. The Balaban J connectivity index is 1.49. The summed E-state index contributed by atoms with van der Waals surface area (Å²) in [6.45, 7) is 5.41. The summed E-state index contributed by atoms with van der Waals surface area (Å²) in [5.74, 6) is 0.341. The molecular formula is C28H23N7O3. The van der Waals surface area contributed by atoms with Crippen molar-refractivity contribution in [3.05, 3.63) is 97.4 Å². The van der Waals surface area contributed by atoms with Crippen LogP contribution in [0.25, 0.3) is 28.4 Å². The second kappa shape index (κ2) is 10.7. The molecule has 0 fully saturated rings. The number of nitrogens with zero attached hydrogens (tertiary/aromatic N) is 5. The summed E-state index contributed by atoms with van der Waals surface area (Å²) in [6.07, 6.45) is 11.3. The summed E-state index contributed by atoms with van der Waals surface area (Å²) >= 11 is 0. The van der Waals surface area contributed by atoms with E-state index in [2.05, 4.69) is 36.9 Å². The molecule has 5 aromatic rings. The largest absolute Gasteiger partial charge is 0.437 e. The number of anilines is 1. The first kappa shape index (κ1) is 24.3. The zero-order chi connectivity index (χ0) is 26.5. The fourth-order valence-electron chi connectivity index (χ4n) is 3.78. The Morgan fingerprint density at radius 3 is 2.84 bits per heavy atom. The highest BCUT2D eigenvalue weighted by Crippen LogP contribution is 2.32. The van der Waals surface area contributed by atoms with Gasteiger partial charge in [0.05, 0.1) is 24.1 Å². The number of aromatic nitrogens is 6. The quantitative estimate of drug-likeness (QED) is 0.276. The molecule has 0 radical (unpaired) electrons. The van der Waals surface area contributed by atoms with Crippen molar-refractivity contribution in [3.63, 3.8) is 0 Å². The van der Waals surface area contributed by atoms with Crippen LogP contribution in [-0.4, -0.2) is 41.4 Å². The molecule has 4 heterocycles. The van der Waals surface area contributed by atoms with E-state index < -0.39 is 0 Å². The fraction of sp³-hybridized carbons (Fsp3) is 0.0714. The van der Waals surface area contributed by atoms with Gasteiger partial charge >= 0.3 is 0 Å². The summed E-state index contributed by atoms with van der Waals surface area (Å²) in [6, 6.07) is 12.6. The number of hydrogen-bond acceptors (Lipinski definition) is 7. The number of benzene rings is 1. The average molecular weight is 506 g/mol. The van der Waals surface area contributed by atoms with Crippen LogP contribution in [0.15, 0.2) is 86.0 Å². The van der Waals surface area contributed by atoms with Crippen LogP contribution in [-0.2, 0) is 16.1 Å². The third-order valence-electron chi connectivity index (χ3n) is 5.47. The third-order valence-corrected chi connectivity index (χ3v) is 5.47. The lowest BCUT2D eigenvalue weighted by molar-refractivity contribution is -0.113. The number of H-pyrrole nitrogens is 1. The molecule has 1 amide bonds.